The van der Waals surface area contributed by atoms with Gasteiger partial charge in [-0.1, -0.05) is 24.3 Å². The predicted octanol–water partition coefficient (Wildman–Crippen LogP) is 5.87. The maximum Gasteiger partial charge on any atom is 0.573 e. The van der Waals surface area contributed by atoms with Gasteiger partial charge >= 0.3 is 19.2 Å². The lowest BCUT2D eigenvalue weighted by molar-refractivity contribution is -0.274. The first-order chi connectivity index (χ1) is 11.5. The van der Waals surface area contributed by atoms with E-state index in [-0.39, 0.29) is 11.1 Å². The Kier molecular flexibility index (Phi) is 5.09. The SMILES string of the molecule is FC(F)Oc1c(-c2ccc(OC(F)(F)F)cc2)cccc1C(F)(F)F. The standard InChI is InChI=1S/C15H8F8O2/c16-13(17)24-12-10(2-1-3-11(12)14(18,19)20)8-4-6-9(7-5-8)25-15(21,22)23/h1-7,13H. The fourth-order valence-electron chi connectivity index (χ4n) is 2.04. The van der Waals surface area contributed by atoms with E-state index in [2.05, 4.69) is 9.47 Å². The van der Waals surface area contributed by atoms with Gasteiger partial charge in [0, 0.05) is 5.56 Å². The molecule has 0 aliphatic rings. The molecule has 136 valence electrons. The summed E-state index contributed by atoms with van der Waals surface area (Å²) in [6.45, 7) is -3.52. The molecule has 10 heteroatoms. The van der Waals surface area contributed by atoms with Gasteiger partial charge in [-0.25, -0.2) is 0 Å². The Morgan fingerprint density at radius 1 is 0.800 bits per heavy atom. The number of ether oxygens (including phenoxy) is 2. The number of halogens is 8. The maximum atomic E-state index is 13.0. The van der Waals surface area contributed by atoms with Gasteiger partial charge in [0.25, 0.3) is 0 Å². The van der Waals surface area contributed by atoms with Crippen molar-refractivity contribution in [2.75, 3.05) is 0 Å². The third-order valence-corrected chi connectivity index (χ3v) is 2.93. The van der Waals surface area contributed by atoms with E-state index < -0.39 is 36.2 Å². The number of alkyl halides is 8. The summed E-state index contributed by atoms with van der Waals surface area (Å²) in [6.07, 6.45) is -9.90. The highest BCUT2D eigenvalue weighted by molar-refractivity contribution is 5.73. The zero-order valence-corrected chi connectivity index (χ0v) is 12.0. The van der Waals surface area contributed by atoms with Crippen LogP contribution in [-0.4, -0.2) is 13.0 Å². The Morgan fingerprint density at radius 3 is 1.88 bits per heavy atom. The average Bonchev–Trinajstić information content (AvgIpc) is 2.45. The second kappa shape index (κ2) is 6.77. The fourth-order valence-corrected chi connectivity index (χ4v) is 2.04. The second-order valence-corrected chi connectivity index (χ2v) is 4.63. The van der Waals surface area contributed by atoms with Crippen LogP contribution in [-0.2, 0) is 6.18 Å². The molecule has 0 unspecified atom stereocenters. The van der Waals surface area contributed by atoms with Crippen molar-refractivity contribution in [2.24, 2.45) is 0 Å². The summed E-state index contributed by atoms with van der Waals surface area (Å²) in [5.74, 6) is -1.73. The van der Waals surface area contributed by atoms with Crippen molar-refractivity contribution in [3.8, 4) is 22.6 Å². The van der Waals surface area contributed by atoms with Gasteiger partial charge in [-0.05, 0) is 23.8 Å². The fraction of sp³-hybridized carbons (Fsp3) is 0.200. The summed E-state index contributed by atoms with van der Waals surface area (Å²) in [5, 5.41) is 0. The van der Waals surface area contributed by atoms with E-state index in [1.54, 1.807) is 0 Å². The molecule has 2 aromatic carbocycles. The summed E-state index contributed by atoms with van der Waals surface area (Å²) in [7, 11) is 0. The average molecular weight is 372 g/mol. The highest BCUT2D eigenvalue weighted by atomic mass is 19.4. The highest BCUT2D eigenvalue weighted by Gasteiger charge is 2.36. The van der Waals surface area contributed by atoms with Crippen molar-refractivity contribution in [3.05, 3.63) is 48.0 Å². The van der Waals surface area contributed by atoms with Crippen molar-refractivity contribution in [1.82, 2.24) is 0 Å². The minimum absolute atomic E-state index is 0.0590. The van der Waals surface area contributed by atoms with Crippen LogP contribution in [0.2, 0.25) is 0 Å². The lowest BCUT2D eigenvalue weighted by Crippen LogP contribution is -2.17. The zero-order chi connectivity index (χ0) is 18.8. The van der Waals surface area contributed by atoms with Gasteiger partial charge < -0.3 is 9.47 Å². The van der Waals surface area contributed by atoms with Gasteiger partial charge in [0.1, 0.15) is 11.5 Å². The quantitative estimate of drug-likeness (QED) is 0.625. The molecule has 0 heterocycles. The van der Waals surface area contributed by atoms with Gasteiger partial charge in [-0.3, -0.25) is 0 Å². The number of rotatable bonds is 4. The van der Waals surface area contributed by atoms with Crippen LogP contribution < -0.4 is 9.47 Å². The lowest BCUT2D eigenvalue weighted by atomic mass is 10.0. The van der Waals surface area contributed by atoms with E-state index >= 15 is 0 Å². The van der Waals surface area contributed by atoms with Crippen LogP contribution in [0.3, 0.4) is 0 Å². The van der Waals surface area contributed by atoms with Crippen LogP contribution in [0.5, 0.6) is 11.5 Å². The number of hydrogen-bond donors (Lipinski definition) is 0. The molecule has 0 spiro atoms. The Bertz CT molecular complexity index is 720. The van der Waals surface area contributed by atoms with E-state index in [0.29, 0.717) is 6.07 Å². The normalized spacial score (nSPS) is 12.4. The first-order valence-electron chi connectivity index (χ1n) is 6.48. The molecule has 0 bridgehead atoms. The summed E-state index contributed by atoms with van der Waals surface area (Å²) < 4.78 is 108. The zero-order valence-electron chi connectivity index (χ0n) is 12.0. The van der Waals surface area contributed by atoms with E-state index in [1.807, 2.05) is 0 Å². The molecule has 0 aliphatic carbocycles. The Hall–Kier alpha value is -2.52. The smallest absolute Gasteiger partial charge is 0.434 e. The lowest BCUT2D eigenvalue weighted by Gasteiger charge is -2.17. The van der Waals surface area contributed by atoms with E-state index in [9.17, 15) is 35.1 Å². The third kappa shape index (κ3) is 4.97. The number of benzene rings is 2. The third-order valence-electron chi connectivity index (χ3n) is 2.93. The number of para-hydroxylation sites is 1. The van der Waals surface area contributed by atoms with Crippen LogP contribution in [0.1, 0.15) is 5.56 Å². The molecule has 0 aromatic heterocycles. The summed E-state index contributed by atoms with van der Waals surface area (Å²) >= 11 is 0. The second-order valence-electron chi connectivity index (χ2n) is 4.63. The van der Waals surface area contributed by atoms with Crippen molar-refractivity contribution in [3.63, 3.8) is 0 Å². The van der Waals surface area contributed by atoms with Gasteiger partial charge in [-0.15, -0.1) is 13.2 Å². The topological polar surface area (TPSA) is 18.5 Å². The van der Waals surface area contributed by atoms with Crippen LogP contribution in [0.4, 0.5) is 35.1 Å². The first kappa shape index (κ1) is 18.8. The van der Waals surface area contributed by atoms with E-state index in [0.717, 1.165) is 36.4 Å². The molecule has 0 saturated heterocycles. The van der Waals surface area contributed by atoms with E-state index in [1.165, 1.54) is 0 Å². The molecule has 2 aromatic rings. The molecule has 0 atom stereocenters. The Morgan fingerprint density at radius 2 is 1.40 bits per heavy atom. The monoisotopic (exact) mass is 372 g/mol. The van der Waals surface area contributed by atoms with Crippen LogP contribution in [0.15, 0.2) is 42.5 Å². The maximum absolute atomic E-state index is 13.0. The largest absolute Gasteiger partial charge is 0.573 e. The van der Waals surface area contributed by atoms with Crippen molar-refractivity contribution < 1.29 is 44.6 Å². The molecule has 25 heavy (non-hydrogen) atoms. The molecular weight excluding hydrogens is 364 g/mol. The predicted molar refractivity (Wildman–Crippen MR) is 70.2 cm³/mol. The first-order valence-corrected chi connectivity index (χ1v) is 6.48. The van der Waals surface area contributed by atoms with E-state index in [4.69, 9.17) is 0 Å². The Balaban J connectivity index is 2.48. The van der Waals surface area contributed by atoms with Gasteiger partial charge in [0.05, 0.1) is 5.56 Å². The van der Waals surface area contributed by atoms with Gasteiger partial charge in [0.2, 0.25) is 0 Å². The Labute approximate surface area is 135 Å². The molecule has 0 saturated carbocycles. The van der Waals surface area contributed by atoms with Gasteiger partial charge in [0.15, 0.2) is 0 Å². The summed E-state index contributed by atoms with van der Waals surface area (Å²) in [4.78, 5) is 0. The number of hydrogen-bond acceptors (Lipinski definition) is 2. The molecule has 0 aliphatic heterocycles. The van der Waals surface area contributed by atoms with Crippen molar-refractivity contribution >= 4 is 0 Å². The molecule has 2 rings (SSSR count). The molecule has 0 amide bonds. The molecule has 0 N–H and O–H groups in total. The molecular formula is C15H8F8O2. The summed E-state index contributed by atoms with van der Waals surface area (Å²) in [6, 6.07) is 6.28. The minimum atomic E-state index is -4.96. The van der Waals surface area contributed by atoms with Crippen LogP contribution in [0, 0.1) is 0 Å². The van der Waals surface area contributed by atoms with Crippen molar-refractivity contribution in [2.45, 2.75) is 19.2 Å². The highest BCUT2D eigenvalue weighted by Crippen LogP contribution is 2.43. The van der Waals surface area contributed by atoms with Crippen LogP contribution in [0.25, 0.3) is 11.1 Å². The minimum Gasteiger partial charge on any atom is -0.434 e. The van der Waals surface area contributed by atoms with Gasteiger partial charge in [-0.2, -0.15) is 22.0 Å². The van der Waals surface area contributed by atoms with Crippen LogP contribution >= 0.6 is 0 Å². The molecule has 0 radical (unpaired) electrons. The molecule has 2 nitrogen and oxygen atoms in total. The van der Waals surface area contributed by atoms with Crippen molar-refractivity contribution in [1.29, 1.82) is 0 Å². The molecule has 0 fully saturated rings. The summed E-state index contributed by atoms with van der Waals surface area (Å²) in [5.41, 5.74) is -1.84.